The van der Waals surface area contributed by atoms with Crippen LogP contribution < -0.4 is 5.73 Å². The molecule has 2 N–H and O–H groups in total. The summed E-state index contributed by atoms with van der Waals surface area (Å²) in [6, 6.07) is 2.25. The minimum absolute atomic E-state index is 0.0202. The number of rotatable bonds is 2. The molecule has 1 unspecified atom stereocenters. The summed E-state index contributed by atoms with van der Waals surface area (Å²) in [5.41, 5.74) is 3.68. The van der Waals surface area contributed by atoms with Gasteiger partial charge < -0.3 is 10.2 Å². The lowest BCUT2D eigenvalue weighted by molar-refractivity contribution is -0.139. The quantitative estimate of drug-likeness (QED) is 0.856. The molecular formula is C11H9F4N3O. The van der Waals surface area contributed by atoms with E-state index in [1.807, 2.05) is 0 Å². The maximum Gasteiger partial charge on any atom is 0.419 e. The molecule has 0 aliphatic carbocycles. The Kier molecular flexibility index (Phi) is 3.27. The van der Waals surface area contributed by atoms with E-state index in [4.69, 9.17) is 10.2 Å². The van der Waals surface area contributed by atoms with Gasteiger partial charge in [-0.05, 0) is 19.1 Å². The van der Waals surface area contributed by atoms with E-state index < -0.39 is 29.2 Å². The van der Waals surface area contributed by atoms with E-state index >= 15 is 0 Å². The van der Waals surface area contributed by atoms with Crippen molar-refractivity contribution >= 4 is 0 Å². The smallest absolute Gasteiger partial charge is 0.419 e. The molecule has 0 radical (unpaired) electrons. The fourth-order valence-corrected chi connectivity index (χ4v) is 1.44. The van der Waals surface area contributed by atoms with Crippen LogP contribution in [0.5, 0.6) is 0 Å². The number of nitrogens with zero attached hydrogens (tertiary/aromatic N) is 2. The van der Waals surface area contributed by atoms with Crippen molar-refractivity contribution in [3.63, 3.8) is 0 Å². The third-order valence-corrected chi connectivity index (χ3v) is 2.36. The van der Waals surface area contributed by atoms with Gasteiger partial charge in [-0.3, -0.25) is 0 Å². The molecule has 0 aliphatic rings. The van der Waals surface area contributed by atoms with Crippen LogP contribution in [-0.2, 0) is 6.18 Å². The van der Waals surface area contributed by atoms with Crippen LogP contribution >= 0.6 is 0 Å². The Balaban J connectivity index is 2.51. The first-order chi connectivity index (χ1) is 8.80. The van der Waals surface area contributed by atoms with E-state index in [2.05, 4.69) is 10.2 Å². The molecule has 0 aliphatic heterocycles. The molecule has 4 nitrogen and oxygen atoms in total. The normalized spacial score (nSPS) is 13.6. The molecule has 0 bridgehead atoms. The largest absolute Gasteiger partial charge is 0.419 e. The average molecular weight is 275 g/mol. The summed E-state index contributed by atoms with van der Waals surface area (Å²) >= 11 is 0. The molecule has 0 saturated heterocycles. The molecule has 1 atom stereocenters. The number of halogens is 4. The van der Waals surface area contributed by atoms with Gasteiger partial charge in [-0.1, -0.05) is 6.07 Å². The zero-order chi connectivity index (χ0) is 14.2. The Labute approximate surface area is 105 Å². The first-order valence-corrected chi connectivity index (χ1v) is 5.25. The summed E-state index contributed by atoms with van der Waals surface area (Å²) in [7, 11) is 0. The monoisotopic (exact) mass is 275 g/mol. The van der Waals surface area contributed by atoms with Gasteiger partial charge in [-0.2, -0.15) is 13.2 Å². The minimum Gasteiger partial charge on any atom is -0.419 e. The van der Waals surface area contributed by atoms with Gasteiger partial charge in [-0.15, -0.1) is 10.2 Å². The standard InChI is InChI=1S/C11H9F4N3O/c1-5(16)9-17-18-10(19-9)6-3-2-4-7(8(6)12)11(13,14)15/h2-5H,16H2,1H3. The van der Waals surface area contributed by atoms with Crippen molar-refractivity contribution < 1.29 is 22.0 Å². The molecule has 1 aromatic heterocycles. The number of nitrogens with two attached hydrogens (primary N) is 1. The Morgan fingerprint density at radius 3 is 2.47 bits per heavy atom. The topological polar surface area (TPSA) is 64.9 Å². The molecular weight excluding hydrogens is 266 g/mol. The van der Waals surface area contributed by atoms with Gasteiger partial charge in [0.2, 0.25) is 5.89 Å². The van der Waals surface area contributed by atoms with Crippen LogP contribution in [0.25, 0.3) is 11.5 Å². The van der Waals surface area contributed by atoms with E-state index in [0.29, 0.717) is 6.07 Å². The number of hydrogen-bond donors (Lipinski definition) is 1. The molecule has 2 rings (SSSR count). The SMILES string of the molecule is CC(N)c1nnc(-c2cccc(C(F)(F)F)c2F)o1. The van der Waals surface area contributed by atoms with Gasteiger partial charge >= 0.3 is 6.18 Å². The Morgan fingerprint density at radius 2 is 1.95 bits per heavy atom. The van der Waals surface area contributed by atoms with Crippen LogP contribution in [-0.4, -0.2) is 10.2 Å². The van der Waals surface area contributed by atoms with E-state index in [1.54, 1.807) is 6.92 Å². The average Bonchev–Trinajstić information content (AvgIpc) is 2.77. The van der Waals surface area contributed by atoms with Crippen LogP contribution in [0, 0.1) is 5.82 Å². The first kappa shape index (κ1) is 13.5. The highest BCUT2D eigenvalue weighted by molar-refractivity contribution is 5.55. The molecule has 102 valence electrons. The number of alkyl halides is 3. The maximum absolute atomic E-state index is 13.8. The summed E-state index contributed by atoms with van der Waals surface area (Å²) in [6.07, 6.45) is -4.79. The highest BCUT2D eigenvalue weighted by atomic mass is 19.4. The van der Waals surface area contributed by atoms with Crippen molar-refractivity contribution in [3.8, 4) is 11.5 Å². The van der Waals surface area contributed by atoms with Gasteiger partial charge in [0, 0.05) is 0 Å². The second kappa shape index (κ2) is 4.61. The molecule has 0 amide bonds. The lowest BCUT2D eigenvalue weighted by Gasteiger charge is -2.09. The van der Waals surface area contributed by atoms with E-state index in [1.165, 1.54) is 0 Å². The predicted octanol–water partition coefficient (Wildman–Crippen LogP) is 2.91. The van der Waals surface area contributed by atoms with Gasteiger partial charge in [-0.25, -0.2) is 4.39 Å². The molecule has 2 aromatic rings. The van der Waals surface area contributed by atoms with Crippen molar-refractivity contribution in [1.82, 2.24) is 10.2 Å². The van der Waals surface area contributed by atoms with Gasteiger partial charge in [0.25, 0.3) is 5.89 Å². The first-order valence-electron chi connectivity index (χ1n) is 5.25. The van der Waals surface area contributed by atoms with Crippen LogP contribution in [0.2, 0.25) is 0 Å². The molecule has 0 fully saturated rings. The predicted molar refractivity (Wildman–Crippen MR) is 57.3 cm³/mol. The van der Waals surface area contributed by atoms with Crippen molar-refractivity contribution in [3.05, 3.63) is 35.5 Å². The second-order valence-corrected chi connectivity index (χ2v) is 3.90. The molecule has 19 heavy (non-hydrogen) atoms. The third-order valence-electron chi connectivity index (χ3n) is 2.36. The lowest BCUT2D eigenvalue weighted by atomic mass is 10.1. The Bertz CT molecular complexity index is 592. The summed E-state index contributed by atoms with van der Waals surface area (Å²) in [5.74, 6) is -1.77. The summed E-state index contributed by atoms with van der Waals surface area (Å²) in [4.78, 5) is 0. The summed E-state index contributed by atoms with van der Waals surface area (Å²) < 4.78 is 56.5. The van der Waals surface area contributed by atoms with Crippen molar-refractivity contribution in [2.75, 3.05) is 0 Å². The number of benzene rings is 1. The second-order valence-electron chi connectivity index (χ2n) is 3.90. The van der Waals surface area contributed by atoms with Crippen LogP contribution in [0.15, 0.2) is 22.6 Å². The highest BCUT2D eigenvalue weighted by Crippen LogP contribution is 2.35. The van der Waals surface area contributed by atoms with Crippen LogP contribution in [0.4, 0.5) is 17.6 Å². The van der Waals surface area contributed by atoms with Crippen molar-refractivity contribution in [2.45, 2.75) is 19.1 Å². The molecule has 0 spiro atoms. The summed E-state index contributed by atoms with van der Waals surface area (Å²) in [5, 5.41) is 7.02. The van der Waals surface area contributed by atoms with Crippen LogP contribution in [0.1, 0.15) is 24.4 Å². The zero-order valence-corrected chi connectivity index (χ0v) is 9.70. The molecule has 1 aromatic carbocycles. The molecule has 0 saturated carbocycles. The van der Waals surface area contributed by atoms with E-state index in [9.17, 15) is 17.6 Å². The lowest BCUT2D eigenvalue weighted by Crippen LogP contribution is -2.08. The number of aromatic nitrogens is 2. The Hall–Kier alpha value is -1.96. The van der Waals surface area contributed by atoms with Crippen molar-refractivity contribution in [1.29, 1.82) is 0 Å². The van der Waals surface area contributed by atoms with E-state index in [0.717, 1.165) is 12.1 Å². The summed E-state index contributed by atoms with van der Waals surface area (Å²) in [6.45, 7) is 1.56. The maximum atomic E-state index is 13.8. The molecule has 8 heteroatoms. The fraction of sp³-hybridized carbons (Fsp3) is 0.273. The highest BCUT2D eigenvalue weighted by Gasteiger charge is 2.35. The van der Waals surface area contributed by atoms with Crippen LogP contribution in [0.3, 0.4) is 0 Å². The fourth-order valence-electron chi connectivity index (χ4n) is 1.44. The van der Waals surface area contributed by atoms with Crippen molar-refractivity contribution in [2.24, 2.45) is 5.73 Å². The van der Waals surface area contributed by atoms with E-state index in [-0.39, 0.29) is 11.8 Å². The zero-order valence-electron chi connectivity index (χ0n) is 9.70. The minimum atomic E-state index is -4.79. The number of hydrogen-bond acceptors (Lipinski definition) is 4. The Morgan fingerprint density at radius 1 is 1.26 bits per heavy atom. The molecule has 1 heterocycles. The van der Waals surface area contributed by atoms with Gasteiger partial charge in [0.05, 0.1) is 17.2 Å². The third kappa shape index (κ3) is 2.58. The van der Waals surface area contributed by atoms with Gasteiger partial charge in [0.15, 0.2) is 0 Å². The van der Waals surface area contributed by atoms with Gasteiger partial charge in [0.1, 0.15) is 5.82 Å².